The number of aromatic nitrogens is 1. The van der Waals surface area contributed by atoms with Gasteiger partial charge >= 0.3 is 5.97 Å². The van der Waals surface area contributed by atoms with Crippen molar-refractivity contribution in [2.75, 3.05) is 0 Å². The molecule has 0 spiro atoms. The SMILES string of the molecule is Cc1ccc(-c2ncoc2CC(=O)O)cc1. The number of hydrogen-bond donors (Lipinski definition) is 1. The van der Waals surface area contributed by atoms with Crippen molar-refractivity contribution in [3.63, 3.8) is 0 Å². The normalized spacial score (nSPS) is 10.3. The zero-order chi connectivity index (χ0) is 11.5. The second kappa shape index (κ2) is 4.18. The number of benzene rings is 1. The van der Waals surface area contributed by atoms with Gasteiger partial charge in [-0.25, -0.2) is 4.98 Å². The van der Waals surface area contributed by atoms with Crippen molar-refractivity contribution < 1.29 is 14.3 Å². The lowest BCUT2D eigenvalue weighted by atomic mass is 10.1. The second-order valence-corrected chi connectivity index (χ2v) is 3.56. The molecular weight excluding hydrogens is 206 g/mol. The summed E-state index contributed by atoms with van der Waals surface area (Å²) >= 11 is 0. The summed E-state index contributed by atoms with van der Waals surface area (Å²) in [5.41, 5.74) is 2.62. The maximum atomic E-state index is 10.6. The van der Waals surface area contributed by atoms with E-state index in [0.29, 0.717) is 11.5 Å². The zero-order valence-corrected chi connectivity index (χ0v) is 8.80. The summed E-state index contributed by atoms with van der Waals surface area (Å²) in [6.45, 7) is 1.99. The Morgan fingerprint density at radius 1 is 1.38 bits per heavy atom. The van der Waals surface area contributed by atoms with Crippen molar-refractivity contribution in [2.24, 2.45) is 0 Å². The number of aliphatic carboxylic acids is 1. The van der Waals surface area contributed by atoms with E-state index in [0.717, 1.165) is 11.1 Å². The molecule has 0 aliphatic carbocycles. The molecule has 1 aromatic carbocycles. The third kappa shape index (κ3) is 2.11. The van der Waals surface area contributed by atoms with Crippen molar-refractivity contribution >= 4 is 5.97 Å². The molecule has 0 aliphatic rings. The van der Waals surface area contributed by atoms with E-state index in [2.05, 4.69) is 4.98 Å². The van der Waals surface area contributed by atoms with Crippen molar-refractivity contribution in [3.8, 4) is 11.3 Å². The summed E-state index contributed by atoms with van der Waals surface area (Å²) in [5.74, 6) is -0.540. The van der Waals surface area contributed by atoms with E-state index in [1.54, 1.807) is 0 Å². The Balaban J connectivity index is 2.36. The summed E-state index contributed by atoms with van der Waals surface area (Å²) in [5, 5.41) is 8.71. The molecule has 0 amide bonds. The highest BCUT2D eigenvalue weighted by Gasteiger charge is 2.13. The molecule has 4 heteroatoms. The summed E-state index contributed by atoms with van der Waals surface area (Å²) in [6.07, 6.45) is 1.12. The molecule has 4 nitrogen and oxygen atoms in total. The largest absolute Gasteiger partial charge is 0.481 e. The van der Waals surface area contributed by atoms with Crippen LogP contribution in [0.3, 0.4) is 0 Å². The average molecular weight is 217 g/mol. The van der Waals surface area contributed by atoms with Gasteiger partial charge in [-0.05, 0) is 6.92 Å². The molecule has 0 radical (unpaired) electrons. The molecule has 0 atom stereocenters. The quantitative estimate of drug-likeness (QED) is 0.856. The van der Waals surface area contributed by atoms with Crippen LogP contribution in [0.1, 0.15) is 11.3 Å². The van der Waals surface area contributed by atoms with Gasteiger partial charge in [-0.3, -0.25) is 4.79 Å². The lowest BCUT2D eigenvalue weighted by Crippen LogP contribution is -2.00. The lowest BCUT2D eigenvalue weighted by molar-refractivity contribution is -0.136. The number of hydrogen-bond acceptors (Lipinski definition) is 3. The van der Waals surface area contributed by atoms with Crippen LogP contribution >= 0.6 is 0 Å². The summed E-state index contributed by atoms with van der Waals surface area (Å²) < 4.78 is 5.07. The molecule has 0 unspecified atom stereocenters. The minimum Gasteiger partial charge on any atom is -0.481 e. The van der Waals surface area contributed by atoms with Gasteiger partial charge in [0.1, 0.15) is 17.9 Å². The second-order valence-electron chi connectivity index (χ2n) is 3.56. The van der Waals surface area contributed by atoms with E-state index in [1.807, 2.05) is 31.2 Å². The Morgan fingerprint density at radius 3 is 2.69 bits per heavy atom. The molecule has 0 aliphatic heterocycles. The van der Waals surface area contributed by atoms with Gasteiger partial charge in [-0.2, -0.15) is 0 Å². The van der Waals surface area contributed by atoms with Gasteiger partial charge < -0.3 is 9.52 Å². The highest BCUT2D eigenvalue weighted by atomic mass is 16.4. The maximum Gasteiger partial charge on any atom is 0.311 e. The highest BCUT2D eigenvalue weighted by Crippen LogP contribution is 2.22. The van der Waals surface area contributed by atoms with E-state index in [9.17, 15) is 4.79 Å². The van der Waals surface area contributed by atoms with Crippen LogP contribution in [-0.2, 0) is 11.2 Å². The first kappa shape index (κ1) is 10.4. The molecule has 1 N–H and O–H groups in total. The third-order valence-electron chi connectivity index (χ3n) is 2.28. The van der Waals surface area contributed by atoms with Crippen LogP contribution in [0, 0.1) is 6.92 Å². The summed E-state index contributed by atoms with van der Waals surface area (Å²) in [7, 11) is 0. The highest BCUT2D eigenvalue weighted by molar-refractivity contribution is 5.73. The molecule has 0 fully saturated rings. The number of aryl methyl sites for hydroxylation is 1. The predicted octanol–water partition coefficient (Wildman–Crippen LogP) is 2.28. The van der Waals surface area contributed by atoms with Crippen molar-refractivity contribution in [3.05, 3.63) is 42.0 Å². The molecule has 16 heavy (non-hydrogen) atoms. The van der Waals surface area contributed by atoms with E-state index in [4.69, 9.17) is 9.52 Å². The summed E-state index contributed by atoms with van der Waals surface area (Å²) in [6, 6.07) is 7.71. The lowest BCUT2D eigenvalue weighted by Gasteiger charge is -1.99. The Labute approximate surface area is 92.6 Å². The van der Waals surface area contributed by atoms with Crippen LogP contribution in [0.25, 0.3) is 11.3 Å². The fourth-order valence-electron chi connectivity index (χ4n) is 1.48. The molecule has 0 saturated carbocycles. The Kier molecular flexibility index (Phi) is 2.72. The van der Waals surface area contributed by atoms with Crippen molar-refractivity contribution in [1.29, 1.82) is 0 Å². The maximum absolute atomic E-state index is 10.6. The molecule has 0 bridgehead atoms. The predicted molar refractivity (Wildman–Crippen MR) is 58.0 cm³/mol. The number of nitrogens with zero attached hydrogens (tertiary/aromatic N) is 1. The average Bonchev–Trinajstić information content (AvgIpc) is 2.66. The van der Waals surface area contributed by atoms with Crippen LogP contribution < -0.4 is 0 Å². The van der Waals surface area contributed by atoms with E-state index < -0.39 is 5.97 Å². The van der Waals surface area contributed by atoms with Crippen LogP contribution in [0.5, 0.6) is 0 Å². The van der Waals surface area contributed by atoms with Gasteiger partial charge in [0.05, 0.1) is 0 Å². The monoisotopic (exact) mass is 217 g/mol. The number of carboxylic acid groups (broad SMARTS) is 1. The van der Waals surface area contributed by atoms with Crippen LogP contribution in [-0.4, -0.2) is 16.1 Å². The van der Waals surface area contributed by atoms with Crippen LogP contribution in [0.2, 0.25) is 0 Å². The Hall–Kier alpha value is -2.10. The molecule has 1 heterocycles. The van der Waals surface area contributed by atoms with E-state index in [1.165, 1.54) is 6.39 Å². The van der Waals surface area contributed by atoms with E-state index in [-0.39, 0.29) is 6.42 Å². The first-order valence-electron chi connectivity index (χ1n) is 4.88. The fourth-order valence-corrected chi connectivity index (χ4v) is 1.48. The first-order chi connectivity index (χ1) is 7.66. The van der Waals surface area contributed by atoms with Gasteiger partial charge in [-0.15, -0.1) is 0 Å². The van der Waals surface area contributed by atoms with Crippen molar-refractivity contribution in [2.45, 2.75) is 13.3 Å². The third-order valence-corrected chi connectivity index (χ3v) is 2.28. The van der Waals surface area contributed by atoms with Crippen LogP contribution in [0.15, 0.2) is 35.1 Å². The Morgan fingerprint density at radius 2 is 2.06 bits per heavy atom. The van der Waals surface area contributed by atoms with Gasteiger partial charge in [0.15, 0.2) is 6.39 Å². The number of oxazole rings is 1. The van der Waals surface area contributed by atoms with Gasteiger partial charge in [-0.1, -0.05) is 29.8 Å². The molecule has 2 aromatic rings. The standard InChI is InChI=1S/C12H11NO3/c1-8-2-4-9(5-3-8)12-10(6-11(14)15)16-7-13-12/h2-5,7H,6H2,1H3,(H,14,15). The van der Waals surface area contributed by atoms with Crippen LogP contribution in [0.4, 0.5) is 0 Å². The molecule has 2 rings (SSSR count). The van der Waals surface area contributed by atoms with Gasteiger partial charge in [0, 0.05) is 5.56 Å². The first-order valence-corrected chi connectivity index (χ1v) is 4.88. The fraction of sp³-hybridized carbons (Fsp3) is 0.167. The molecule has 0 saturated heterocycles. The van der Waals surface area contributed by atoms with Gasteiger partial charge in [0.2, 0.25) is 0 Å². The van der Waals surface area contributed by atoms with E-state index >= 15 is 0 Å². The molecular formula is C12H11NO3. The number of rotatable bonds is 3. The summed E-state index contributed by atoms with van der Waals surface area (Å²) in [4.78, 5) is 14.7. The smallest absolute Gasteiger partial charge is 0.311 e. The number of carboxylic acids is 1. The zero-order valence-electron chi connectivity index (χ0n) is 8.80. The minimum absolute atomic E-state index is 0.150. The Bertz CT molecular complexity index is 499. The topological polar surface area (TPSA) is 63.3 Å². The molecule has 82 valence electrons. The molecule has 1 aromatic heterocycles. The number of carbonyl (C=O) groups is 1. The minimum atomic E-state index is -0.926. The van der Waals surface area contributed by atoms with Gasteiger partial charge in [0.25, 0.3) is 0 Å². The van der Waals surface area contributed by atoms with Crippen molar-refractivity contribution in [1.82, 2.24) is 4.98 Å².